The van der Waals surface area contributed by atoms with E-state index in [1.54, 1.807) is 12.1 Å². The SMILES string of the molecule is Cc1ccc2nc(NS(=O)(=O)c3ccccc3O)sc2c1. The standard InChI is InChI=1S/C14H12N2O3S2/c1-9-6-7-10-12(8-9)20-14(15-10)16-21(18,19)13-5-3-2-4-11(13)17/h2-8,17H,1H3,(H,15,16). The number of phenols is 1. The van der Waals surface area contributed by atoms with Crippen molar-refractivity contribution < 1.29 is 13.5 Å². The van der Waals surface area contributed by atoms with Crippen molar-refractivity contribution in [3.05, 3.63) is 48.0 Å². The summed E-state index contributed by atoms with van der Waals surface area (Å²) in [6.07, 6.45) is 0. The molecule has 0 spiro atoms. The number of thiazole rings is 1. The van der Waals surface area contributed by atoms with Gasteiger partial charge in [0.2, 0.25) is 0 Å². The van der Waals surface area contributed by atoms with E-state index < -0.39 is 10.0 Å². The molecule has 108 valence electrons. The molecule has 0 fully saturated rings. The maximum atomic E-state index is 12.3. The number of para-hydroxylation sites is 1. The van der Waals surface area contributed by atoms with Crippen LogP contribution in [0.3, 0.4) is 0 Å². The fourth-order valence-electron chi connectivity index (χ4n) is 1.93. The van der Waals surface area contributed by atoms with Gasteiger partial charge in [0, 0.05) is 0 Å². The van der Waals surface area contributed by atoms with Crippen LogP contribution < -0.4 is 4.72 Å². The van der Waals surface area contributed by atoms with E-state index in [0.717, 1.165) is 15.8 Å². The molecular formula is C14H12N2O3S2. The van der Waals surface area contributed by atoms with E-state index >= 15 is 0 Å². The molecule has 0 unspecified atom stereocenters. The lowest BCUT2D eigenvalue weighted by Crippen LogP contribution is -2.12. The summed E-state index contributed by atoms with van der Waals surface area (Å²) in [4.78, 5) is 4.07. The normalized spacial score (nSPS) is 11.7. The Labute approximate surface area is 125 Å². The van der Waals surface area contributed by atoms with E-state index in [9.17, 15) is 13.5 Å². The molecule has 0 saturated carbocycles. The number of aromatic nitrogens is 1. The van der Waals surface area contributed by atoms with Gasteiger partial charge in [-0.25, -0.2) is 13.4 Å². The fourth-order valence-corrected chi connectivity index (χ4v) is 4.23. The van der Waals surface area contributed by atoms with E-state index in [1.807, 2.05) is 25.1 Å². The number of aryl methyl sites for hydroxylation is 1. The Kier molecular flexibility index (Phi) is 3.30. The molecule has 2 aromatic carbocycles. The van der Waals surface area contributed by atoms with Gasteiger partial charge in [0.1, 0.15) is 10.6 Å². The number of hydrogen-bond donors (Lipinski definition) is 2. The van der Waals surface area contributed by atoms with Gasteiger partial charge in [-0.1, -0.05) is 29.5 Å². The largest absolute Gasteiger partial charge is 0.507 e. The van der Waals surface area contributed by atoms with Gasteiger partial charge >= 0.3 is 0 Å². The minimum atomic E-state index is -3.85. The Balaban J connectivity index is 1.99. The van der Waals surface area contributed by atoms with Crippen molar-refractivity contribution >= 4 is 36.7 Å². The summed E-state index contributed by atoms with van der Waals surface area (Å²) in [7, 11) is -3.85. The predicted molar refractivity (Wildman–Crippen MR) is 83.3 cm³/mol. The number of benzene rings is 2. The lowest BCUT2D eigenvalue weighted by molar-refractivity contribution is 0.459. The average Bonchev–Trinajstić information content (AvgIpc) is 2.79. The Morgan fingerprint density at radius 3 is 2.71 bits per heavy atom. The Hall–Kier alpha value is -2.12. The molecule has 5 nitrogen and oxygen atoms in total. The van der Waals surface area contributed by atoms with Crippen molar-refractivity contribution in [2.75, 3.05) is 4.72 Å². The van der Waals surface area contributed by atoms with E-state index in [2.05, 4.69) is 9.71 Å². The van der Waals surface area contributed by atoms with Crippen LogP contribution in [-0.2, 0) is 10.0 Å². The fraction of sp³-hybridized carbons (Fsp3) is 0.0714. The van der Waals surface area contributed by atoms with Crippen LogP contribution in [0.5, 0.6) is 5.75 Å². The number of sulfonamides is 1. The molecule has 0 aliphatic heterocycles. The molecule has 7 heteroatoms. The molecule has 0 atom stereocenters. The van der Waals surface area contributed by atoms with Crippen LogP contribution in [0, 0.1) is 6.92 Å². The second kappa shape index (κ2) is 5.01. The minimum absolute atomic E-state index is 0.166. The van der Waals surface area contributed by atoms with Crippen molar-refractivity contribution in [2.24, 2.45) is 0 Å². The van der Waals surface area contributed by atoms with Gasteiger partial charge in [0.05, 0.1) is 10.2 Å². The molecule has 1 aromatic heterocycles. The number of hydrogen-bond acceptors (Lipinski definition) is 5. The zero-order chi connectivity index (χ0) is 15.0. The minimum Gasteiger partial charge on any atom is -0.507 e. The molecule has 3 rings (SSSR count). The van der Waals surface area contributed by atoms with Crippen LogP contribution in [0.1, 0.15) is 5.56 Å². The van der Waals surface area contributed by atoms with E-state index in [4.69, 9.17) is 0 Å². The second-order valence-electron chi connectivity index (χ2n) is 4.56. The van der Waals surface area contributed by atoms with Crippen LogP contribution in [-0.4, -0.2) is 18.5 Å². The highest BCUT2D eigenvalue weighted by Gasteiger charge is 2.19. The predicted octanol–water partition coefficient (Wildman–Crippen LogP) is 3.11. The maximum absolute atomic E-state index is 12.3. The summed E-state index contributed by atoms with van der Waals surface area (Å²) in [5.74, 6) is -0.290. The molecule has 2 N–H and O–H groups in total. The lowest BCUT2D eigenvalue weighted by atomic mass is 10.2. The number of nitrogens with one attached hydrogen (secondary N) is 1. The van der Waals surface area contributed by atoms with Gasteiger partial charge in [-0.15, -0.1) is 0 Å². The summed E-state index contributed by atoms with van der Waals surface area (Å²) in [5.41, 5.74) is 1.82. The smallest absolute Gasteiger partial charge is 0.267 e. The zero-order valence-corrected chi connectivity index (χ0v) is 12.7. The number of nitrogens with zero attached hydrogens (tertiary/aromatic N) is 1. The number of phenolic OH excluding ortho intramolecular Hbond substituents is 1. The molecule has 0 amide bonds. The lowest BCUT2D eigenvalue weighted by Gasteiger charge is -2.06. The van der Waals surface area contributed by atoms with Gasteiger partial charge in [-0.05, 0) is 36.8 Å². The third-order valence-corrected chi connectivity index (χ3v) is 5.37. The van der Waals surface area contributed by atoms with Crippen LogP contribution in [0.15, 0.2) is 47.4 Å². The molecule has 3 aromatic rings. The van der Waals surface area contributed by atoms with Crippen molar-refractivity contribution in [3.8, 4) is 5.75 Å². The zero-order valence-electron chi connectivity index (χ0n) is 11.1. The third kappa shape index (κ3) is 2.70. The van der Waals surface area contributed by atoms with Gasteiger partial charge in [-0.2, -0.15) is 0 Å². The van der Waals surface area contributed by atoms with E-state index in [-0.39, 0.29) is 15.8 Å². The molecular weight excluding hydrogens is 308 g/mol. The number of aromatic hydroxyl groups is 1. The highest BCUT2D eigenvalue weighted by Crippen LogP contribution is 2.30. The number of anilines is 1. The van der Waals surface area contributed by atoms with Crippen LogP contribution >= 0.6 is 11.3 Å². The highest BCUT2D eigenvalue weighted by atomic mass is 32.2. The Morgan fingerprint density at radius 2 is 1.95 bits per heavy atom. The van der Waals surface area contributed by atoms with Crippen LogP contribution in [0.2, 0.25) is 0 Å². The highest BCUT2D eigenvalue weighted by molar-refractivity contribution is 7.93. The van der Waals surface area contributed by atoms with Crippen molar-refractivity contribution in [1.82, 2.24) is 4.98 Å². The molecule has 1 heterocycles. The summed E-state index contributed by atoms with van der Waals surface area (Å²) in [5, 5.41) is 9.94. The van der Waals surface area contributed by atoms with Gasteiger partial charge < -0.3 is 5.11 Å². The van der Waals surface area contributed by atoms with Gasteiger partial charge in [0.25, 0.3) is 10.0 Å². The van der Waals surface area contributed by atoms with Gasteiger partial charge in [0.15, 0.2) is 5.13 Å². The summed E-state index contributed by atoms with van der Waals surface area (Å²) < 4.78 is 27.8. The topological polar surface area (TPSA) is 79.3 Å². The molecule has 0 aliphatic carbocycles. The second-order valence-corrected chi connectivity index (χ2v) is 7.24. The number of rotatable bonds is 3. The molecule has 0 aliphatic rings. The van der Waals surface area contributed by atoms with Crippen molar-refractivity contribution in [2.45, 2.75) is 11.8 Å². The average molecular weight is 320 g/mol. The summed E-state index contributed by atoms with van der Waals surface area (Å²) in [6.45, 7) is 1.96. The first-order valence-corrected chi connectivity index (χ1v) is 8.44. The maximum Gasteiger partial charge on any atom is 0.267 e. The summed E-state index contributed by atoms with van der Waals surface area (Å²) in [6, 6.07) is 11.5. The molecule has 21 heavy (non-hydrogen) atoms. The monoisotopic (exact) mass is 320 g/mol. The van der Waals surface area contributed by atoms with Crippen LogP contribution in [0.25, 0.3) is 10.2 Å². The Bertz CT molecular complexity index is 917. The van der Waals surface area contributed by atoms with Crippen LogP contribution in [0.4, 0.5) is 5.13 Å². The quantitative estimate of drug-likeness (QED) is 0.777. The van der Waals surface area contributed by atoms with Crippen molar-refractivity contribution in [3.63, 3.8) is 0 Å². The first-order chi connectivity index (χ1) is 9.95. The van der Waals surface area contributed by atoms with E-state index in [0.29, 0.717) is 0 Å². The first-order valence-electron chi connectivity index (χ1n) is 6.14. The third-order valence-electron chi connectivity index (χ3n) is 2.92. The van der Waals surface area contributed by atoms with Crippen molar-refractivity contribution in [1.29, 1.82) is 0 Å². The molecule has 0 saturated heterocycles. The number of fused-ring (bicyclic) bond motifs is 1. The van der Waals surface area contributed by atoms with Gasteiger partial charge in [-0.3, -0.25) is 4.72 Å². The van der Waals surface area contributed by atoms with E-state index in [1.165, 1.54) is 23.5 Å². The summed E-state index contributed by atoms with van der Waals surface area (Å²) >= 11 is 1.26. The Morgan fingerprint density at radius 1 is 1.19 bits per heavy atom. The first kappa shape index (κ1) is 13.8. The molecule has 0 bridgehead atoms. The molecule has 0 radical (unpaired) electrons.